The number of halogens is 2. The van der Waals surface area contributed by atoms with Gasteiger partial charge in [-0.05, 0) is 53.9 Å². The number of nitrogens with zero attached hydrogens (tertiary/aromatic N) is 2. The zero-order valence-electron chi connectivity index (χ0n) is 12.0. The van der Waals surface area contributed by atoms with Crippen LogP contribution in [0.25, 0.3) is 0 Å². The molecule has 0 atom stereocenters. The van der Waals surface area contributed by atoms with Gasteiger partial charge in [0.1, 0.15) is 5.75 Å². The second-order valence-corrected chi connectivity index (χ2v) is 7.09. The van der Waals surface area contributed by atoms with E-state index in [1.165, 1.54) is 12.8 Å². The Morgan fingerprint density at radius 3 is 2.81 bits per heavy atom. The fraction of sp³-hybridized carbons (Fsp3) is 0.400. The Hall–Kier alpha value is -0.850. The zero-order valence-corrected chi connectivity index (χ0v) is 15.2. The molecule has 1 heterocycles. The van der Waals surface area contributed by atoms with Crippen molar-refractivity contribution in [2.45, 2.75) is 32.4 Å². The molecule has 1 saturated carbocycles. The second-order valence-electron chi connectivity index (χ2n) is 5.32. The van der Waals surface area contributed by atoms with Gasteiger partial charge in [0, 0.05) is 24.1 Å². The predicted molar refractivity (Wildman–Crippen MR) is 89.7 cm³/mol. The summed E-state index contributed by atoms with van der Waals surface area (Å²) in [5, 5.41) is 8.00. The van der Waals surface area contributed by atoms with E-state index in [2.05, 4.69) is 42.3 Å². The Kier molecular flexibility index (Phi) is 4.38. The summed E-state index contributed by atoms with van der Waals surface area (Å²) in [5.41, 5.74) is 2.13. The van der Waals surface area contributed by atoms with Crippen molar-refractivity contribution in [1.29, 1.82) is 0 Å². The van der Waals surface area contributed by atoms with Crippen molar-refractivity contribution in [3.05, 3.63) is 38.4 Å². The lowest BCUT2D eigenvalue weighted by Gasteiger charge is -2.11. The monoisotopic (exact) mass is 413 g/mol. The van der Waals surface area contributed by atoms with E-state index < -0.39 is 0 Å². The highest BCUT2D eigenvalue weighted by atomic mass is 79.9. The molecule has 0 unspecified atom stereocenters. The van der Waals surface area contributed by atoms with Gasteiger partial charge in [-0.15, -0.1) is 0 Å². The second kappa shape index (κ2) is 6.10. The lowest BCUT2D eigenvalue weighted by Crippen LogP contribution is -2.16. The SMILES string of the molecule is Cc1nn(C)c(Oc2ccc(Br)cc2Br)c1CNC1CC1. The minimum Gasteiger partial charge on any atom is -0.438 e. The van der Waals surface area contributed by atoms with Gasteiger partial charge in [0.05, 0.1) is 15.7 Å². The van der Waals surface area contributed by atoms with Crippen LogP contribution in [0.4, 0.5) is 0 Å². The Morgan fingerprint density at radius 2 is 2.14 bits per heavy atom. The van der Waals surface area contributed by atoms with Crippen LogP contribution in [-0.2, 0) is 13.6 Å². The molecule has 6 heteroatoms. The van der Waals surface area contributed by atoms with Gasteiger partial charge >= 0.3 is 0 Å². The van der Waals surface area contributed by atoms with Gasteiger partial charge in [0.25, 0.3) is 0 Å². The smallest absolute Gasteiger partial charge is 0.222 e. The van der Waals surface area contributed by atoms with Crippen LogP contribution in [0.3, 0.4) is 0 Å². The molecule has 1 aromatic carbocycles. The molecule has 1 aliphatic carbocycles. The standard InChI is InChI=1S/C15H17Br2N3O/c1-9-12(8-18-11-4-5-11)15(20(2)19-9)21-14-6-3-10(16)7-13(14)17/h3,6-7,11,18H,4-5,8H2,1-2H3. The average molecular weight is 415 g/mol. The van der Waals surface area contributed by atoms with Crippen molar-refractivity contribution in [2.75, 3.05) is 0 Å². The lowest BCUT2D eigenvalue weighted by atomic mass is 10.2. The Bertz CT molecular complexity index is 665. The molecule has 0 spiro atoms. The molecular weight excluding hydrogens is 398 g/mol. The first-order chi connectivity index (χ1) is 10.0. The number of benzene rings is 1. The third kappa shape index (κ3) is 3.49. The Balaban J connectivity index is 1.86. The maximum atomic E-state index is 6.09. The van der Waals surface area contributed by atoms with E-state index in [1.807, 2.05) is 32.2 Å². The van der Waals surface area contributed by atoms with E-state index in [1.54, 1.807) is 4.68 Å². The maximum Gasteiger partial charge on any atom is 0.222 e. The molecule has 112 valence electrons. The summed E-state index contributed by atoms with van der Waals surface area (Å²) < 4.78 is 9.82. The predicted octanol–water partition coefficient (Wildman–Crippen LogP) is 4.30. The summed E-state index contributed by atoms with van der Waals surface area (Å²) in [6.07, 6.45) is 2.54. The highest BCUT2D eigenvalue weighted by molar-refractivity contribution is 9.11. The van der Waals surface area contributed by atoms with E-state index in [4.69, 9.17) is 4.74 Å². The highest BCUT2D eigenvalue weighted by Gasteiger charge is 2.23. The van der Waals surface area contributed by atoms with Gasteiger partial charge in [0.15, 0.2) is 0 Å². The largest absolute Gasteiger partial charge is 0.438 e. The van der Waals surface area contributed by atoms with Crippen LogP contribution in [0.5, 0.6) is 11.6 Å². The van der Waals surface area contributed by atoms with Crippen LogP contribution in [0.1, 0.15) is 24.1 Å². The van der Waals surface area contributed by atoms with Gasteiger partial charge in [-0.3, -0.25) is 0 Å². The topological polar surface area (TPSA) is 39.1 Å². The van der Waals surface area contributed by atoms with E-state index in [9.17, 15) is 0 Å². The van der Waals surface area contributed by atoms with Crippen molar-refractivity contribution in [3.8, 4) is 11.6 Å². The number of hydrogen-bond acceptors (Lipinski definition) is 3. The van der Waals surface area contributed by atoms with Gasteiger partial charge in [-0.25, -0.2) is 4.68 Å². The normalized spacial score (nSPS) is 14.5. The van der Waals surface area contributed by atoms with Gasteiger partial charge in [0.2, 0.25) is 5.88 Å². The third-order valence-corrected chi connectivity index (χ3v) is 4.65. The number of hydrogen-bond donors (Lipinski definition) is 1. The number of aromatic nitrogens is 2. The van der Waals surface area contributed by atoms with Crippen LogP contribution >= 0.6 is 31.9 Å². The number of nitrogens with one attached hydrogen (secondary N) is 1. The minimum absolute atomic E-state index is 0.664. The number of aryl methyl sites for hydroxylation is 2. The van der Waals surface area contributed by atoms with Crippen molar-refractivity contribution in [3.63, 3.8) is 0 Å². The summed E-state index contributed by atoms with van der Waals surface area (Å²) in [6.45, 7) is 2.82. The summed E-state index contributed by atoms with van der Waals surface area (Å²) >= 11 is 6.98. The first kappa shape index (κ1) is 15.1. The number of rotatable bonds is 5. The summed E-state index contributed by atoms with van der Waals surface area (Å²) in [7, 11) is 1.91. The number of ether oxygens (including phenoxy) is 1. The molecule has 1 aromatic heterocycles. The fourth-order valence-electron chi connectivity index (χ4n) is 2.21. The molecule has 1 N–H and O–H groups in total. The van der Waals surface area contributed by atoms with E-state index in [0.717, 1.165) is 38.4 Å². The molecule has 4 nitrogen and oxygen atoms in total. The molecule has 1 fully saturated rings. The van der Waals surface area contributed by atoms with Crippen LogP contribution in [0.2, 0.25) is 0 Å². The summed E-state index contributed by atoms with van der Waals surface area (Å²) in [5.74, 6) is 1.58. The minimum atomic E-state index is 0.664. The molecule has 0 radical (unpaired) electrons. The molecular formula is C15H17Br2N3O. The molecule has 1 aliphatic rings. The maximum absolute atomic E-state index is 6.09. The van der Waals surface area contributed by atoms with E-state index in [0.29, 0.717) is 6.04 Å². The fourth-order valence-corrected chi connectivity index (χ4v) is 3.34. The first-order valence-corrected chi connectivity index (χ1v) is 8.52. The van der Waals surface area contributed by atoms with Crippen LogP contribution in [0.15, 0.2) is 27.1 Å². The summed E-state index contributed by atoms with van der Waals surface area (Å²) in [4.78, 5) is 0. The zero-order chi connectivity index (χ0) is 15.0. The quantitative estimate of drug-likeness (QED) is 0.792. The molecule has 0 saturated heterocycles. The molecule has 2 aromatic rings. The molecule has 0 aliphatic heterocycles. The third-order valence-electron chi connectivity index (χ3n) is 3.53. The lowest BCUT2D eigenvalue weighted by molar-refractivity contribution is 0.421. The van der Waals surface area contributed by atoms with Gasteiger partial charge in [-0.2, -0.15) is 5.10 Å². The van der Waals surface area contributed by atoms with Crippen molar-refractivity contribution in [2.24, 2.45) is 7.05 Å². The van der Waals surface area contributed by atoms with Gasteiger partial charge in [-0.1, -0.05) is 15.9 Å². The molecule has 0 bridgehead atoms. The average Bonchev–Trinajstić information content (AvgIpc) is 3.19. The molecule has 3 rings (SSSR count). The van der Waals surface area contributed by atoms with Gasteiger partial charge < -0.3 is 10.1 Å². The van der Waals surface area contributed by atoms with Crippen molar-refractivity contribution in [1.82, 2.24) is 15.1 Å². The Labute approximate surface area is 141 Å². The summed E-state index contributed by atoms with van der Waals surface area (Å²) in [6, 6.07) is 6.54. The highest BCUT2D eigenvalue weighted by Crippen LogP contribution is 2.34. The van der Waals surface area contributed by atoms with Crippen molar-refractivity contribution < 1.29 is 4.74 Å². The van der Waals surface area contributed by atoms with Crippen LogP contribution < -0.4 is 10.1 Å². The van der Waals surface area contributed by atoms with Crippen LogP contribution in [0, 0.1) is 6.92 Å². The van der Waals surface area contributed by atoms with E-state index >= 15 is 0 Å². The molecule has 21 heavy (non-hydrogen) atoms. The van der Waals surface area contributed by atoms with Crippen LogP contribution in [-0.4, -0.2) is 15.8 Å². The first-order valence-electron chi connectivity index (χ1n) is 6.93. The Morgan fingerprint density at radius 1 is 1.38 bits per heavy atom. The molecule has 0 amide bonds. The van der Waals surface area contributed by atoms with Crippen molar-refractivity contribution >= 4 is 31.9 Å². The van der Waals surface area contributed by atoms with E-state index in [-0.39, 0.29) is 0 Å².